The van der Waals surface area contributed by atoms with Gasteiger partial charge in [-0.3, -0.25) is 0 Å². The van der Waals surface area contributed by atoms with Crippen molar-refractivity contribution in [2.45, 2.75) is 19.9 Å². The Kier molecular flexibility index (Phi) is 4.66. The first-order chi connectivity index (χ1) is 9.29. The van der Waals surface area contributed by atoms with Crippen molar-refractivity contribution in [2.75, 3.05) is 17.2 Å². The molecule has 0 atom stereocenters. The minimum absolute atomic E-state index is 0.214. The van der Waals surface area contributed by atoms with Crippen LogP contribution in [0.1, 0.15) is 18.9 Å². The van der Waals surface area contributed by atoms with Crippen molar-refractivity contribution in [3.05, 3.63) is 48.0 Å². The van der Waals surface area contributed by atoms with Crippen molar-refractivity contribution >= 4 is 11.6 Å². The molecule has 2 N–H and O–H groups in total. The van der Waals surface area contributed by atoms with E-state index in [9.17, 15) is 4.39 Å². The molecule has 1 aromatic heterocycles. The van der Waals surface area contributed by atoms with Gasteiger partial charge in [-0.05, 0) is 12.5 Å². The average molecular weight is 260 g/mol. The number of hydrogen-bond donors (Lipinski definition) is 2. The highest BCUT2D eigenvalue weighted by atomic mass is 19.1. The van der Waals surface area contributed by atoms with Gasteiger partial charge in [0.25, 0.3) is 0 Å². The molecule has 0 aliphatic heterocycles. The number of halogens is 1. The van der Waals surface area contributed by atoms with Gasteiger partial charge >= 0.3 is 0 Å². The normalized spacial score (nSPS) is 10.2. The number of nitrogens with one attached hydrogen (secondary N) is 2. The fourth-order valence-electron chi connectivity index (χ4n) is 1.63. The Bertz CT molecular complexity index is 530. The maximum Gasteiger partial charge on any atom is 0.131 e. The molecule has 0 bridgehead atoms. The third-order valence-corrected chi connectivity index (χ3v) is 2.64. The van der Waals surface area contributed by atoms with Gasteiger partial charge in [0.1, 0.15) is 23.8 Å². The third-order valence-electron chi connectivity index (χ3n) is 2.64. The van der Waals surface area contributed by atoms with Crippen LogP contribution in [0.15, 0.2) is 36.7 Å². The highest BCUT2D eigenvalue weighted by Crippen LogP contribution is 2.12. The van der Waals surface area contributed by atoms with Crippen molar-refractivity contribution in [3.63, 3.8) is 0 Å². The van der Waals surface area contributed by atoms with Crippen LogP contribution in [0.3, 0.4) is 0 Å². The average Bonchev–Trinajstić information content (AvgIpc) is 2.45. The number of anilines is 2. The van der Waals surface area contributed by atoms with Crippen molar-refractivity contribution in [3.8, 4) is 0 Å². The molecule has 0 saturated heterocycles. The molecular formula is C14H17FN4. The Balaban J connectivity index is 1.98. The Labute approximate surface area is 112 Å². The van der Waals surface area contributed by atoms with Gasteiger partial charge in [0.05, 0.1) is 0 Å². The van der Waals surface area contributed by atoms with E-state index in [1.54, 1.807) is 12.1 Å². The zero-order valence-electron chi connectivity index (χ0n) is 10.9. The lowest BCUT2D eigenvalue weighted by molar-refractivity contribution is 0.613. The molecule has 0 aliphatic carbocycles. The molecule has 0 aliphatic rings. The van der Waals surface area contributed by atoms with Gasteiger partial charge < -0.3 is 10.6 Å². The Morgan fingerprint density at radius 1 is 1.11 bits per heavy atom. The first-order valence-electron chi connectivity index (χ1n) is 6.33. The summed E-state index contributed by atoms with van der Waals surface area (Å²) in [5.41, 5.74) is 0.615. The maximum atomic E-state index is 13.5. The summed E-state index contributed by atoms with van der Waals surface area (Å²) >= 11 is 0. The predicted molar refractivity (Wildman–Crippen MR) is 74.5 cm³/mol. The summed E-state index contributed by atoms with van der Waals surface area (Å²) in [4.78, 5) is 8.22. The molecule has 1 aromatic carbocycles. The lowest BCUT2D eigenvalue weighted by Gasteiger charge is -2.08. The molecule has 0 amide bonds. The minimum Gasteiger partial charge on any atom is -0.370 e. The number of rotatable bonds is 6. The van der Waals surface area contributed by atoms with Gasteiger partial charge in [0.2, 0.25) is 0 Å². The van der Waals surface area contributed by atoms with Gasteiger partial charge in [-0.1, -0.05) is 25.1 Å². The third kappa shape index (κ3) is 3.91. The summed E-state index contributed by atoms with van der Waals surface area (Å²) in [7, 11) is 0. The molecule has 100 valence electrons. The summed E-state index contributed by atoms with van der Waals surface area (Å²) in [5.74, 6) is 1.23. The summed E-state index contributed by atoms with van der Waals surface area (Å²) in [6, 6.07) is 8.51. The molecule has 0 unspecified atom stereocenters. The molecule has 0 saturated carbocycles. The molecule has 0 radical (unpaired) electrons. The number of nitrogens with zero attached hydrogens (tertiary/aromatic N) is 2. The van der Waals surface area contributed by atoms with Gasteiger partial charge in [-0.15, -0.1) is 0 Å². The fraction of sp³-hybridized carbons (Fsp3) is 0.286. The van der Waals surface area contributed by atoms with Crippen LogP contribution in [-0.2, 0) is 6.54 Å². The van der Waals surface area contributed by atoms with Crippen LogP contribution >= 0.6 is 0 Å². The largest absolute Gasteiger partial charge is 0.370 e. The van der Waals surface area contributed by atoms with E-state index < -0.39 is 0 Å². The number of hydrogen-bond acceptors (Lipinski definition) is 4. The van der Waals surface area contributed by atoms with E-state index in [1.165, 1.54) is 12.4 Å². The van der Waals surface area contributed by atoms with E-state index in [0.717, 1.165) is 18.8 Å². The minimum atomic E-state index is -0.214. The molecule has 5 heteroatoms. The van der Waals surface area contributed by atoms with Crippen LogP contribution in [0.5, 0.6) is 0 Å². The quantitative estimate of drug-likeness (QED) is 0.838. The topological polar surface area (TPSA) is 49.8 Å². The van der Waals surface area contributed by atoms with E-state index in [1.807, 2.05) is 12.1 Å². The van der Waals surface area contributed by atoms with Crippen molar-refractivity contribution < 1.29 is 4.39 Å². The van der Waals surface area contributed by atoms with Crippen LogP contribution in [0.4, 0.5) is 16.0 Å². The Morgan fingerprint density at radius 2 is 1.84 bits per heavy atom. The van der Waals surface area contributed by atoms with Crippen LogP contribution in [0, 0.1) is 5.82 Å². The summed E-state index contributed by atoms with van der Waals surface area (Å²) < 4.78 is 13.5. The molecule has 0 fully saturated rings. The number of benzene rings is 1. The van der Waals surface area contributed by atoms with Gasteiger partial charge in [-0.2, -0.15) is 0 Å². The predicted octanol–water partition coefficient (Wildman–Crippen LogP) is 3.05. The molecule has 2 rings (SSSR count). The van der Waals surface area contributed by atoms with E-state index in [4.69, 9.17) is 0 Å². The first-order valence-corrected chi connectivity index (χ1v) is 6.33. The molecule has 2 aromatic rings. The maximum absolute atomic E-state index is 13.5. The summed E-state index contributed by atoms with van der Waals surface area (Å²) in [6.07, 6.45) is 2.52. The summed E-state index contributed by atoms with van der Waals surface area (Å²) in [5, 5.41) is 6.27. The van der Waals surface area contributed by atoms with Crippen LogP contribution in [0.2, 0.25) is 0 Å². The Morgan fingerprint density at radius 3 is 2.58 bits per heavy atom. The van der Waals surface area contributed by atoms with Crippen molar-refractivity contribution in [1.29, 1.82) is 0 Å². The van der Waals surface area contributed by atoms with Gasteiger partial charge in [-0.25, -0.2) is 14.4 Å². The lowest BCUT2D eigenvalue weighted by atomic mass is 10.2. The standard InChI is InChI=1S/C14H17FN4/c1-2-7-16-13-8-14(19-10-18-13)17-9-11-5-3-4-6-12(11)15/h3-6,8,10H,2,7,9H2,1H3,(H2,16,17,18,19). The van der Waals surface area contributed by atoms with E-state index in [-0.39, 0.29) is 5.82 Å². The molecule has 19 heavy (non-hydrogen) atoms. The molecule has 4 nitrogen and oxygen atoms in total. The van der Waals surface area contributed by atoms with Crippen LogP contribution in [-0.4, -0.2) is 16.5 Å². The van der Waals surface area contributed by atoms with Crippen LogP contribution in [0.25, 0.3) is 0 Å². The lowest BCUT2D eigenvalue weighted by Crippen LogP contribution is -2.06. The zero-order chi connectivity index (χ0) is 13.5. The first kappa shape index (κ1) is 13.3. The second kappa shape index (κ2) is 6.68. The Hall–Kier alpha value is -2.17. The highest BCUT2D eigenvalue weighted by molar-refractivity contribution is 5.46. The van der Waals surface area contributed by atoms with Gasteiger partial charge in [0, 0.05) is 24.7 Å². The number of aromatic nitrogens is 2. The van der Waals surface area contributed by atoms with Gasteiger partial charge in [0.15, 0.2) is 0 Å². The van der Waals surface area contributed by atoms with Crippen molar-refractivity contribution in [2.24, 2.45) is 0 Å². The monoisotopic (exact) mass is 260 g/mol. The smallest absolute Gasteiger partial charge is 0.131 e. The van der Waals surface area contributed by atoms with E-state index in [2.05, 4.69) is 27.5 Å². The van der Waals surface area contributed by atoms with E-state index in [0.29, 0.717) is 17.9 Å². The van der Waals surface area contributed by atoms with E-state index >= 15 is 0 Å². The second-order valence-electron chi connectivity index (χ2n) is 4.16. The second-order valence-corrected chi connectivity index (χ2v) is 4.16. The fourth-order valence-corrected chi connectivity index (χ4v) is 1.63. The zero-order valence-corrected chi connectivity index (χ0v) is 10.9. The van der Waals surface area contributed by atoms with Crippen molar-refractivity contribution in [1.82, 2.24) is 9.97 Å². The van der Waals surface area contributed by atoms with Crippen LogP contribution < -0.4 is 10.6 Å². The molecule has 0 spiro atoms. The molecular weight excluding hydrogens is 243 g/mol. The molecule has 1 heterocycles. The summed E-state index contributed by atoms with van der Waals surface area (Å²) in [6.45, 7) is 3.35. The highest BCUT2D eigenvalue weighted by Gasteiger charge is 2.02. The SMILES string of the molecule is CCCNc1cc(NCc2ccccc2F)ncn1.